The molecular formula is C14H20N4. The predicted molar refractivity (Wildman–Crippen MR) is 73.8 cm³/mol. The van der Waals surface area contributed by atoms with Crippen LogP contribution in [0.15, 0.2) is 24.3 Å². The van der Waals surface area contributed by atoms with Crippen molar-refractivity contribution in [3.63, 3.8) is 0 Å². The fourth-order valence-corrected chi connectivity index (χ4v) is 2.10. The van der Waals surface area contributed by atoms with Gasteiger partial charge in [0.1, 0.15) is 11.6 Å². The standard InChI is InChI=1S/C14H20N4/c1-4-18-12(3)16-17-14(18)9-10-15-13-8-6-5-7-11(13)2/h5-8,15H,4,9-10H2,1-3H3. The minimum Gasteiger partial charge on any atom is -0.384 e. The van der Waals surface area contributed by atoms with Crippen molar-refractivity contribution >= 4 is 5.69 Å². The average molecular weight is 244 g/mol. The molecule has 1 aromatic heterocycles. The molecule has 0 bridgehead atoms. The van der Waals surface area contributed by atoms with Crippen LogP contribution in [0.5, 0.6) is 0 Å². The van der Waals surface area contributed by atoms with Gasteiger partial charge in [-0.25, -0.2) is 0 Å². The molecule has 2 rings (SSSR count). The number of rotatable bonds is 5. The molecule has 1 aromatic carbocycles. The number of aromatic nitrogens is 3. The van der Waals surface area contributed by atoms with Gasteiger partial charge in [-0.2, -0.15) is 0 Å². The van der Waals surface area contributed by atoms with E-state index in [4.69, 9.17) is 0 Å². The van der Waals surface area contributed by atoms with Crippen molar-refractivity contribution in [1.82, 2.24) is 14.8 Å². The molecule has 4 nitrogen and oxygen atoms in total. The van der Waals surface area contributed by atoms with Gasteiger partial charge in [-0.05, 0) is 32.4 Å². The lowest BCUT2D eigenvalue weighted by atomic mass is 10.2. The minimum atomic E-state index is 0.878. The Balaban J connectivity index is 1.95. The molecular weight excluding hydrogens is 224 g/mol. The molecule has 0 aliphatic rings. The van der Waals surface area contributed by atoms with Gasteiger partial charge in [0.05, 0.1) is 0 Å². The van der Waals surface area contributed by atoms with Crippen molar-refractivity contribution in [1.29, 1.82) is 0 Å². The molecule has 2 aromatic rings. The third-order valence-electron chi connectivity index (χ3n) is 3.14. The van der Waals surface area contributed by atoms with Gasteiger partial charge in [-0.15, -0.1) is 10.2 Å². The normalized spacial score (nSPS) is 10.6. The highest BCUT2D eigenvalue weighted by Crippen LogP contribution is 2.13. The summed E-state index contributed by atoms with van der Waals surface area (Å²) in [5.74, 6) is 2.04. The van der Waals surface area contributed by atoms with E-state index in [9.17, 15) is 0 Å². The first-order valence-corrected chi connectivity index (χ1v) is 6.40. The summed E-state index contributed by atoms with van der Waals surface area (Å²) in [4.78, 5) is 0. The number of benzene rings is 1. The van der Waals surface area contributed by atoms with Gasteiger partial charge in [-0.3, -0.25) is 0 Å². The van der Waals surface area contributed by atoms with Crippen LogP contribution in [0.1, 0.15) is 24.1 Å². The smallest absolute Gasteiger partial charge is 0.134 e. The first kappa shape index (κ1) is 12.6. The maximum Gasteiger partial charge on any atom is 0.134 e. The maximum atomic E-state index is 4.21. The van der Waals surface area contributed by atoms with Crippen molar-refractivity contribution in [3.05, 3.63) is 41.5 Å². The highest BCUT2D eigenvalue weighted by atomic mass is 15.3. The second kappa shape index (κ2) is 5.67. The Morgan fingerprint density at radius 1 is 1.17 bits per heavy atom. The third-order valence-corrected chi connectivity index (χ3v) is 3.14. The Kier molecular flexibility index (Phi) is 3.97. The zero-order chi connectivity index (χ0) is 13.0. The third kappa shape index (κ3) is 2.70. The fraction of sp³-hybridized carbons (Fsp3) is 0.429. The Morgan fingerprint density at radius 3 is 2.67 bits per heavy atom. The molecule has 1 heterocycles. The van der Waals surface area contributed by atoms with E-state index in [2.05, 4.69) is 52.1 Å². The van der Waals surface area contributed by atoms with E-state index in [1.165, 1.54) is 11.3 Å². The van der Waals surface area contributed by atoms with Gasteiger partial charge >= 0.3 is 0 Å². The number of anilines is 1. The second-order valence-electron chi connectivity index (χ2n) is 4.40. The van der Waals surface area contributed by atoms with Gasteiger partial charge in [0.25, 0.3) is 0 Å². The minimum absolute atomic E-state index is 0.878. The summed E-state index contributed by atoms with van der Waals surface area (Å²) < 4.78 is 2.15. The molecule has 0 amide bonds. The van der Waals surface area contributed by atoms with Crippen molar-refractivity contribution in [2.45, 2.75) is 33.7 Å². The SMILES string of the molecule is CCn1c(C)nnc1CCNc1ccccc1C. The van der Waals surface area contributed by atoms with E-state index in [-0.39, 0.29) is 0 Å². The quantitative estimate of drug-likeness (QED) is 0.879. The van der Waals surface area contributed by atoms with Crippen LogP contribution in [0.4, 0.5) is 5.69 Å². The van der Waals surface area contributed by atoms with Crippen LogP contribution in [-0.2, 0) is 13.0 Å². The van der Waals surface area contributed by atoms with Gasteiger partial charge < -0.3 is 9.88 Å². The number of nitrogens with zero attached hydrogens (tertiary/aromatic N) is 3. The molecule has 0 saturated carbocycles. The van der Waals surface area contributed by atoms with Gasteiger partial charge in [-0.1, -0.05) is 18.2 Å². The van der Waals surface area contributed by atoms with Crippen molar-refractivity contribution < 1.29 is 0 Å². The molecule has 18 heavy (non-hydrogen) atoms. The summed E-state index contributed by atoms with van der Waals surface area (Å²) in [5.41, 5.74) is 2.46. The molecule has 1 N–H and O–H groups in total. The fourth-order valence-electron chi connectivity index (χ4n) is 2.10. The Bertz CT molecular complexity index is 516. The van der Waals surface area contributed by atoms with Crippen molar-refractivity contribution in [2.75, 3.05) is 11.9 Å². The predicted octanol–water partition coefficient (Wildman–Crippen LogP) is 2.57. The molecule has 0 unspecified atom stereocenters. The molecule has 0 radical (unpaired) electrons. The van der Waals surface area contributed by atoms with Crippen LogP contribution in [0.2, 0.25) is 0 Å². The Morgan fingerprint density at radius 2 is 1.94 bits per heavy atom. The number of para-hydroxylation sites is 1. The van der Waals surface area contributed by atoms with E-state index >= 15 is 0 Å². The lowest BCUT2D eigenvalue weighted by Crippen LogP contribution is -2.11. The van der Waals surface area contributed by atoms with E-state index in [1.54, 1.807) is 0 Å². The summed E-state index contributed by atoms with van der Waals surface area (Å²) >= 11 is 0. The van der Waals surface area contributed by atoms with Crippen molar-refractivity contribution in [2.24, 2.45) is 0 Å². The number of nitrogens with one attached hydrogen (secondary N) is 1. The summed E-state index contributed by atoms with van der Waals surface area (Å²) in [6, 6.07) is 8.32. The van der Waals surface area contributed by atoms with Crippen LogP contribution in [0.3, 0.4) is 0 Å². The monoisotopic (exact) mass is 244 g/mol. The van der Waals surface area contributed by atoms with E-state index in [0.29, 0.717) is 0 Å². The number of aryl methyl sites for hydroxylation is 2. The summed E-state index contributed by atoms with van der Waals surface area (Å²) in [5, 5.41) is 11.8. The lowest BCUT2D eigenvalue weighted by molar-refractivity contribution is 0.679. The second-order valence-corrected chi connectivity index (χ2v) is 4.40. The first-order valence-electron chi connectivity index (χ1n) is 6.40. The molecule has 0 aliphatic carbocycles. The van der Waals surface area contributed by atoms with Gasteiger partial charge in [0.2, 0.25) is 0 Å². The zero-order valence-corrected chi connectivity index (χ0v) is 11.3. The molecule has 96 valence electrons. The lowest BCUT2D eigenvalue weighted by Gasteiger charge is -2.09. The molecule has 0 saturated heterocycles. The number of hydrogen-bond acceptors (Lipinski definition) is 3. The maximum absolute atomic E-state index is 4.21. The number of hydrogen-bond donors (Lipinski definition) is 1. The summed E-state index contributed by atoms with van der Waals surface area (Å²) in [7, 11) is 0. The highest BCUT2D eigenvalue weighted by molar-refractivity contribution is 5.50. The van der Waals surface area contributed by atoms with E-state index in [1.807, 2.05) is 13.0 Å². The molecule has 0 spiro atoms. The van der Waals surface area contributed by atoms with E-state index < -0.39 is 0 Å². The van der Waals surface area contributed by atoms with Crippen LogP contribution < -0.4 is 5.32 Å². The van der Waals surface area contributed by atoms with Gasteiger partial charge in [0, 0.05) is 25.2 Å². The summed E-state index contributed by atoms with van der Waals surface area (Å²) in [6.45, 7) is 8.03. The summed E-state index contributed by atoms with van der Waals surface area (Å²) in [6.07, 6.45) is 0.892. The highest BCUT2D eigenvalue weighted by Gasteiger charge is 2.06. The van der Waals surface area contributed by atoms with Crippen LogP contribution >= 0.6 is 0 Å². The van der Waals surface area contributed by atoms with Crippen LogP contribution in [-0.4, -0.2) is 21.3 Å². The average Bonchev–Trinajstić information content (AvgIpc) is 2.72. The molecule has 4 heteroatoms. The zero-order valence-electron chi connectivity index (χ0n) is 11.3. The Labute approximate surface area is 108 Å². The first-order chi connectivity index (χ1) is 8.72. The van der Waals surface area contributed by atoms with Crippen LogP contribution in [0, 0.1) is 13.8 Å². The molecule has 0 atom stereocenters. The largest absolute Gasteiger partial charge is 0.384 e. The van der Waals surface area contributed by atoms with Crippen LogP contribution in [0.25, 0.3) is 0 Å². The topological polar surface area (TPSA) is 42.7 Å². The van der Waals surface area contributed by atoms with Crippen molar-refractivity contribution in [3.8, 4) is 0 Å². The van der Waals surface area contributed by atoms with E-state index in [0.717, 1.165) is 31.2 Å². The Hall–Kier alpha value is -1.84. The van der Waals surface area contributed by atoms with Gasteiger partial charge in [0.15, 0.2) is 0 Å². The molecule has 0 fully saturated rings. The molecule has 0 aliphatic heterocycles.